The molecule has 1 aliphatic heterocycles. The van der Waals surface area contributed by atoms with E-state index in [4.69, 9.17) is 11.6 Å². The standard InChI is InChI=1S/C12H14ClFN2O/c1-16-7-9(15-6-12(16)17)4-8-2-3-11(14)10(13)5-8/h2-3,5,9,15H,4,6-7H2,1H3. The van der Waals surface area contributed by atoms with Crippen molar-refractivity contribution in [3.63, 3.8) is 0 Å². The molecule has 1 saturated heterocycles. The molecule has 1 aromatic rings. The van der Waals surface area contributed by atoms with Crippen molar-refractivity contribution in [3.8, 4) is 0 Å². The van der Waals surface area contributed by atoms with Gasteiger partial charge in [-0.1, -0.05) is 17.7 Å². The van der Waals surface area contributed by atoms with Crippen LogP contribution in [-0.4, -0.2) is 37.0 Å². The van der Waals surface area contributed by atoms with Crippen molar-refractivity contribution >= 4 is 17.5 Å². The number of likely N-dealkylation sites (N-methyl/N-ethyl adjacent to an activating group) is 1. The van der Waals surface area contributed by atoms with Crippen LogP contribution in [0.1, 0.15) is 5.56 Å². The van der Waals surface area contributed by atoms with E-state index >= 15 is 0 Å². The molecule has 1 aliphatic rings. The molecule has 2 rings (SSSR count). The van der Waals surface area contributed by atoms with Crippen molar-refractivity contribution in [1.82, 2.24) is 10.2 Å². The van der Waals surface area contributed by atoms with Crippen LogP contribution in [0.5, 0.6) is 0 Å². The first-order valence-electron chi connectivity index (χ1n) is 5.47. The Morgan fingerprint density at radius 1 is 1.59 bits per heavy atom. The zero-order chi connectivity index (χ0) is 12.4. The Morgan fingerprint density at radius 2 is 2.35 bits per heavy atom. The van der Waals surface area contributed by atoms with Gasteiger partial charge in [-0.15, -0.1) is 0 Å². The zero-order valence-electron chi connectivity index (χ0n) is 9.54. The number of halogens is 2. The molecule has 1 unspecified atom stereocenters. The number of piperazine rings is 1. The number of carbonyl (C=O) groups excluding carboxylic acids is 1. The van der Waals surface area contributed by atoms with Crippen molar-refractivity contribution in [2.75, 3.05) is 20.1 Å². The summed E-state index contributed by atoms with van der Waals surface area (Å²) in [6.45, 7) is 1.02. The van der Waals surface area contributed by atoms with Gasteiger partial charge in [0.15, 0.2) is 0 Å². The van der Waals surface area contributed by atoms with Gasteiger partial charge in [-0.05, 0) is 24.1 Å². The third-order valence-corrected chi connectivity index (χ3v) is 3.22. The fourth-order valence-corrected chi connectivity index (χ4v) is 2.15. The lowest BCUT2D eigenvalue weighted by Gasteiger charge is -2.30. The first-order chi connectivity index (χ1) is 8.06. The number of carbonyl (C=O) groups is 1. The normalized spacial score (nSPS) is 20.8. The SMILES string of the molecule is CN1CC(Cc2ccc(F)c(Cl)c2)NCC1=O. The van der Waals surface area contributed by atoms with Crippen LogP contribution in [0.4, 0.5) is 4.39 Å². The van der Waals surface area contributed by atoms with Gasteiger partial charge in [-0.3, -0.25) is 4.79 Å². The van der Waals surface area contributed by atoms with Crippen LogP contribution in [0.15, 0.2) is 18.2 Å². The van der Waals surface area contributed by atoms with Crippen molar-refractivity contribution < 1.29 is 9.18 Å². The summed E-state index contributed by atoms with van der Waals surface area (Å²) in [5, 5.41) is 3.30. The summed E-state index contributed by atoms with van der Waals surface area (Å²) in [6.07, 6.45) is 0.734. The summed E-state index contributed by atoms with van der Waals surface area (Å²) < 4.78 is 13.0. The maximum absolute atomic E-state index is 13.0. The van der Waals surface area contributed by atoms with E-state index in [9.17, 15) is 9.18 Å². The topological polar surface area (TPSA) is 32.3 Å². The molecule has 0 bridgehead atoms. The monoisotopic (exact) mass is 256 g/mol. The van der Waals surface area contributed by atoms with Gasteiger partial charge in [0.2, 0.25) is 5.91 Å². The molecule has 0 radical (unpaired) electrons. The highest BCUT2D eigenvalue weighted by Gasteiger charge is 2.22. The summed E-state index contributed by atoms with van der Waals surface area (Å²) in [6, 6.07) is 4.92. The number of nitrogens with zero attached hydrogens (tertiary/aromatic N) is 1. The van der Waals surface area contributed by atoms with Crippen molar-refractivity contribution in [2.24, 2.45) is 0 Å². The van der Waals surface area contributed by atoms with E-state index in [1.807, 2.05) is 0 Å². The third kappa shape index (κ3) is 2.96. The molecule has 1 fully saturated rings. The highest BCUT2D eigenvalue weighted by atomic mass is 35.5. The van der Waals surface area contributed by atoms with Crippen LogP contribution >= 0.6 is 11.6 Å². The molecule has 0 aromatic heterocycles. The van der Waals surface area contributed by atoms with E-state index in [1.54, 1.807) is 24.1 Å². The second-order valence-corrected chi connectivity index (χ2v) is 4.71. The Kier molecular flexibility index (Phi) is 3.64. The molecule has 1 N–H and O–H groups in total. The van der Waals surface area contributed by atoms with Crippen LogP contribution < -0.4 is 5.32 Å². The van der Waals surface area contributed by atoms with Crippen LogP contribution in [0.25, 0.3) is 0 Å². The maximum atomic E-state index is 13.0. The fourth-order valence-electron chi connectivity index (χ4n) is 1.95. The summed E-state index contributed by atoms with van der Waals surface area (Å²) in [7, 11) is 1.79. The summed E-state index contributed by atoms with van der Waals surface area (Å²) in [5.74, 6) is -0.308. The second kappa shape index (κ2) is 5.02. The number of benzene rings is 1. The molecule has 0 aliphatic carbocycles. The van der Waals surface area contributed by atoms with E-state index in [1.165, 1.54) is 6.07 Å². The summed E-state index contributed by atoms with van der Waals surface area (Å²) in [5.41, 5.74) is 0.969. The van der Waals surface area contributed by atoms with E-state index in [0.717, 1.165) is 12.0 Å². The smallest absolute Gasteiger partial charge is 0.236 e. The molecular weight excluding hydrogens is 243 g/mol. The van der Waals surface area contributed by atoms with Crippen molar-refractivity contribution in [2.45, 2.75) is 12.5 Å². The Bertz CT molecular complexity index is 439. The number of amides is 1. The average molecular weight is 257 g/mol. The first kappa shape index (κ1) is 12.3. The Morgan fingerprint density at radius 3 is 3.00 bits per heavy atom. The van der Waals surface area contributed by atoms with E-state index < -0.39 is 5.82 Å². The second-order valence-electron chi connectivity index (χ2n) is 4.30. The summed E-state index contributed by atoms with van der Waals surface area (Å²) >= 11 is 5.72. The summed E-state index contributed by atoms with van der Waals surface area (Å²) in [4.78, 5) is 13.0. The molecule has 1 amide bonds. The molecule has 3 nitrogen and oxygen atoms in total. The zero-order valence-corrected chi connectivity index (χ0v) is 10.3. The van der Waals surface area contributed by atoms with Crippen molar-refractivity contribution in [3.05, 3.63) is 34.6 Å². The lowest BCUT2D eigenvalue weighted by Crippen LogP contribution is -2.53. The third-order valence-electron chi connectivity index (χ3n) is 2.93. The Labute approximate surface area is 105 Å². The number of nitrogens with one attached hydrogen (secondary N) is 1. The van der Waals surface area contributed by atoms with Gasteiger partial charge in [-0.25, -0.2) is 4.39 Å². The van der Waals surface area contributed by atoms with Crippen molar-refractivity contribution in [1.29, 1.82) is 0 Å². The van der Waals surface area contributed by atoms with Crippen LogP contribution in [0, 0.1) is 5.82 Å². The van der Waals surface area contributed by atoms with Crippen LogP contribution in [0.2, 0.25) is 5.02 Å². The molecule has 17 heavy (non-hydrogen) atoms. The fraction of sp³-hybridized carbons (Fsp3) is 0.417. The van der Waals surface area contributed by atoms with E-state index in [-0.39, 0.29) is 17.0 Å². The number of hydrogen-bond acceptors (Lipinski definition) is 2. The van der Waals surface area contributed by atoms with Gasteiger partial charge in [0.1, 0.15) is 5.82 Å². The van der Waals surface area contributed by atoms with Gasteiger partial charge >= 0.3 is 0 Å². The van der Waals surface area contributed by atoms with E-state index in [0.29, 0.717) is 13.1 Å². The lowest BCUT2D eigenvalue weighted by molar-refractivity contribution is -0.131. The molecule has 1 aromatic carbocycles. The average Bonchev–Trinajstić information content (AvgIpc) is 2.29. The molecule has 5 heteroatoms. The van der Waals surface area contributed by atoms with Crippen LogP contribution in [-0.2, 0) is 11.2 Å². The van der Waals surface area contributed by atoms with Gasteiger partial charge in [0.25, 0.3) is 0 Å². The van der Waals surface area contributed by atoms with Gasteiger partial charge in [0.05, 0.1) is 11.6 Å². The highest BCUT2D eigenvalue weighted by molar-refractivity contribution is 6.30. The van der Waals surface area contributed by atoms with Crippen LogP contribution in [0.3, 0.4) is 0 Å². The molecule has 0 saturated carbocycles. The van der Waals surface area contributed by atoms with Gasteiger partial charge < -0.3 is 10.2 Å². The highest BCUT2D eigenvalue weighted by Crippen LogP contribution is 2.17. The molecular formula is C12H14ClFN2O. The number of rotatable bonds is 2. The minimum atomic E-state index is -0.403. The Balaban J connectivity index is 2.01. The first-order valence-corrected chi connectivity index (χ1v) is 5.85. The minimum absolute atomic E-state index is 0.0957. The quantitative estimate of drug-likeness (QED) is 0.869. The molecule has 0 spiro atoms. The van der Waals surface area contributed by atoms with Gasteiger partial charge in [-0.2, -0.15) is 0 Å². The Hall–Kier alpha value is -1.13. The predicted molar refractivity (Wildman–Crippen MR) is 64.5 cm³/mol. The minimum Gasteiger partial charge on any atom is -0.343 e. The molecule has 1 atom stereocenters. The number of hydrogen-bond donors (Lipinski definition) is 1. The van der Waals surface area contributed by atoms with E-state index in [2.05, 4.69) is 5.32 Å². The molecule has 1 heterocycles. The molecule has 92 valence electrons. The largest absolute Gasteiger partial charge is 0.343 e. The lowest BCUT2D eigenvalue weighted by atomic mass is 10.0. The predicted octanol–water partition coefficient (Wildman–Crippen LogP) is 1.45. The van der Waals surface area contributed by atoms with Gasteiger partial charge in [0, 0.05) is 19.6 Å². The maximum Gasteiger partial charge on any atom is 0.236 e.